The smallest absolute Gasteiger partial charge is 0.276 e. The fraction of sp³-hybridized carbons (Fsp3) is 0.250. The minimum Gasteiger partial charge on any atom is -0.332 e. The number of aromatic nitrogens is 5. The van der Waals surface area contributed by atoms with Gasteiger partial charge in [-0.05, 0) is 25.1 Å². The van der Waals surface area contributed by atoms with Crippen LogP contribution in [0.5, 0.6) is 0 Å². The molecule has 1 aliphatic rings. The number of fused-ring (bicyclic) bond motifs is 1. The largest absolute Gasteiger partial charge is 0.332 e. The van der Waals surface area contributed by atoms with E-state index in [1.54, 1.807) is 15.8 Å². The van der Waals surface area contributed by atoms with Gasteiger partial charge in [0.15, 0.2) is 5.69 Å². The Morgan fingerprint density at radius 2 is 2.25 bits per heavy atom. The molecule has 0 aliphatic carbocycles. The summed E-state index contributed by atoms with van der Waals surface area (Å²) >= 11 is 3.45. The highest BCUT2D eigenvalue weighted by molar-refractivity contribution is 9.10. The molecule has 122 valence electrons. The van der Waals surface area contributed by atoms with Gasteiger partial charge in [-0.25, -0.2) is 4.68 Å². The number of halogens is 1. The second-order valence-corrected chi connectivity index (χ2v) is 6.68. The molecule has 4 rings (SSSR count). The third-order valence-corrected chi connectivity index (χ3v) is 4.73. The lowest BCUT2D eigenvalue weighted by Crippen LogP contribution is -2.36. The van der Waals surface area contributed by atoms with Crippen LogP contribution in [0, 0.1) is 6.92 Å². The van der Waals surface area contributed by atoms with E-state index in [1.165, 1.54) is 0 Å². The molecule has 3 aromatic rings. The third kappa shape index (κ3) is 2.52. The Morgan fingerprint density at radius 3 is 3.08 bits per heavy atom. The molecule has 0 bridgehead atoms. The van der Waals surface area contributed by atoms with E-state index in [1.807, 2.05) is 31.2 Å². The first-order chi connectivity index (χ1) is 11.6. The summed E-state index contributed by atoms with van der Waals surface area (Å²) in [5.74, 6) is -0.0967. The summed E-state index contributed by atoms with van der Waals surface area (Å²) in [6.07, 6.45) is 2.56. The molecule has 0 atom stereocenters. The summed E-state index contributed by atoms with van der Waals surface area (Å²) in [5, 5.41) is 15.3. The molecule has 1 amide bonds. The fourth-order valence-electron chi connectivity index (χ4n) is 2.92. The molecule has 8 heteroatoms. The van der Waals surface area contributed by atoms with Crippen molar-refractivity contribution in [2.45, 2.75) is 19.9 Å². The standard InChI is InChI=1S/C16H15BrN6O/c1-10-15(20-21-23(10)13-4-2-3-12(17)7-13)16(24)22-6-5-14-11(9-22)8-18-19-14/h2-4,7-8H,5-6,9H2,1H3,(H,18,19). The number of benzene rings is 1. The van der Waals surface area contributed by atoms with Crippen LogP contribution in [0.4, 0.5) is 0 Å². The van der Waals surface area contributed by atoms with Crippen molar-refractivity contribution in [2.75, 3.05) is 6.54 Å². The summed E-state index contributed by atoms with van der Waals surface area (Å²) in [4.78, 5) is 14.6. The highest BCUT2D eigenvalue weighted by Gasteiger charge is 2.27. The van der Waals surface area contributed by atoms with Crippen LogP contribution in [0.3, 0.4) is 0 Å². The maximum Gasteiger partial charge on any atom is 0.276 e. The molecule has 0 saturated carbocycles. The molecule has 1 aliphatic heterocycles. The number of hydrogen-bond acceptors (Lipinski definition) is 4. The number of carbonyl (C=O) groups excluding carboxylic acids is 1. The molecule has 7 nitrogen and oxygen atoms in total. The number of amides is 1. The average molecular weight is 387 g/mol. The van der Waals surface area contributed by atoms with Crippen LogP contribution in [-0.2, 0) is 13.0 Å². The predicted molar refractivity (Wildman–Crippen MR) is 90.8 cm³/mol. The zero-order valence-corrected chi connectivity index (χ0v) is 14.6. The van der Waals surface area contributed by atoms with Crippen molar-refractivity contribution in [3.05, 3.63) is 57.6 Å². The zero-order valence-electron chi connectivity index (χ0n) is 13.0. The average Bonchev–Trinajstić information content (AvgIpc) is 3.19. The van der Waals surface area contributed by atoms with E-state index < -0.39 is 0 Å². The van der Waals surface area contributed by atoms with Crippen LogP contribution in [0.15, 0.2) is 34.9 Å². The predicted octanol–water partition coefficient (Wildman–Crippen LogP) is 2.26. The van der Waals surface area contributed by atoms with Gasteiger partial charge in [0.25, 0.3) is 5.91 Å². The summed E-state index contributed by atoms with van der Waals surface area (Å²) < 4.78 is 2.64. The second kappa shape index (κ2) is 5.86. The van der Waals surface area contributed by atoms with Gasteiger partial charge in [-0.3, -0.25) is 9.89 Å². The number of nitrogens with zero attached hydrogens (tertiary/aromatic N) is 5. The summed E-state index contributed by atoms with van der Waals surface area (Å²) in [6.45, 7) is 3.06. The highest BCUT2D eigenvalue weighted by atomic mass is 79.9. The summed E-state index contributed by atoms with van der Waals surface area (Å²) in [5.41, 5.74) is 4.15. The first kappa shape index (κ1) is 15.1. The Balaban J connectivity index is 1.62. The molecule has 0 fully saturated rings. The molecule has 0 unspecified atom stereocenters. The molecule has 1 N–H and O–H groups in total. The van der Waals surface area contributed by atoms with E-state index in [0.29, 0.717) is 18.8 Å². The van der Waals surface area contributed by atoms with Crippen molar-refractivity contribution in [3.8, 4) is 5.69 Å². The Bertz CT molecular complexity index is 915. The number of H-pyrrole nitrogens is 1. The van der Waals surface area contributed by atoms with E-state index in [4.69, 9.17) is 0 Å². The van der Waals surface area contributed by atoms with Gasteiger partial charge in [0, 0.05) is 35.2 Å². The molecular formula is C16H15BrN6O. The van der Waals surface area contributed by atoms with Crippen LogP contribution in [0.2, 0.25) is 0 Å². The van der Waals surface area contributed by atoms with Gasteiger partial charge < -0.3 is 4.90 Å². The van der Waals surface area contributed by atoms with E-state index in [9.17, 15) is 4.79 Å². The van der Waals surface area contributed by atoms with Crippen LogP contribution in [-0.4, -0.2) is 42.5 Å². The van der Waals surface area contributed by atoms with Gasteiger partial charge in [0.2, 0.25) is 0 Å². The quantitative estimate of drug-likeness (QED) is 0.732. The van der Waals surface area contributed by atoms with Crippen LogP contribution in [0.25, 0.3) is 5.69 Å². The van der Waals surface area contributed by atoms with Crippen molar-refractivity contribution in [1.29, 1.82) is 0 Å². The normalized spacial score (nSPS) is 13.8. The molecular weight excluding hydrogens is 372 g/mol. The van der Waals surface area contributed by atoms with Gasteiger partial charge in [-0.15, -0.1) is 5.10 Å². The zero-order chi connectivity index (χ0) is 16.7. The van der Waals surface area contributed by atoms with Crippen LogP contribution >= 0.6 is 15.9 Å². The van der Waals surface area contributed by atoms with Crippen LogP contribution < -0.4 is 0 Å². The van der Waals surface area contributed by atoms with E-state index in [-0.39, 0.29) is 5.91 Å². The van der Waals surface area contributed by atoms with Gasteiger partial charge in [-0.2, -0.15) is 5.10 Å². The molecule has 0 saturated heterocycles. The van der Waals surface area contributed by atoms with Crippen molar-refractivity contribution in [2.24, 2.45) is 0 Å². The molecule has 0 spiro atoms. The lowest BCUT2D eigenvalue weighted by Gasteiger charge is -2.25. The number of aromatic amines is 1. The van der Waals surface area contributed by atoms with Crippen molar-refractivity contribution in [1.82, 2.24) is 30.1 Å². The third-order valence-electron chi connectivity index (χ3n) is 4.24. The maximum atomic E-state index is 12.8. The minimum atomic E-state index is -0.0967. The molecule has 2 aromatic heterocycles. The van der Waals surface area contributed by atoms with E-state index in [0.717, 1.165) is 33.5 Å². The number of hydrogen-bond donors (Lipinski definition) is 1. The van der Waals surface area contributed by atoms with E-state index >= 15 is 0 Å². The molecule has 3 heterocycles. The first-order valence-corrected chi connectivity index (χ1v) is 8.41. The minimum absolute atomic E-state index is 0.0967. The van der Waals surface area contributed by atoms with E-state index in [2.05, 4.69) is 36.4 Å². The van der Waals surface area contributed by atoms with Crippen molar-refractivity contribution >= 4 is 21.8 Å². The van der Waals surface area contributed by atoms with Crippen LogP contribution in [0.1, 0.15) is 27.4 Å². The first-order valence-electron chi connectivity index (χ1n) is 7.62. The Labute approximate surface area is 146 Å². The lowest BCUT2D eigenvalue weighted by atomic mass is 10.1. The summed E-state index contributed by atoms with van der Waals surface area (Å²) in [7, 11) is 0. The SMILES string of the molecule is Cc1c(C(=O)N2CCc3[nH]ncc3C2)nnn1-c1cccc(Br)c1. The highest BCUT2D eigenvalue weighted by Crippen LogP contribution is 2.21. The van der Waals surface area contributed by atoms with Gasteiger partial charge in [0.1, 0.15) is 0 Å². The van der Waals surface area contributed by atoms with Crippen molar-refractivity contribution in [3.63, 3.8) is 0 Å². The lowest BCUT2D eigenvalue weighted by molar-refractivity contribution is 0.0727. The van der Waals surface area contributed by atoms with Gasteiger partial charge >= 0.3 is 0 Å². The number of nitrogens with one attached hydrogen (secondary N) is 1. The molecule has 1 aromatic carbocycles. The Morgan fingerprint density at radius 1 is 1.38 bits per heavy atom. The maximum absolute atomic E-state index is 12.8. The number of carbonyl (C=O) groups is 1. The van der Waals surface area contributed by atoms with Gasteiger partial charge in [0.05, 0.1) is 17.6 Å². The fourth-order valence-corrected chi connectivity index (χ4v) is 3.31. The topological polar surface area (TPSA) is 79.7 Å². The Hall–Kier alpha value is -2.48. The number of rotatable bonds is 2. The van der Waals surface area contributed by atoms with Crippen molar-refractivity contribution < 1.29 is 4.79 Å². The van der Waals surface area contributed by atoms with Gasteiger partial charge in [-0.1, -0.05) is 27.2 Å². The molecule has 0 radical (unpaired) electrons. The molecule has 24 heavy (non-hydrogen) atoms. The summed E-state index contributed by atoms with van der Waals surface area (Å²) in [6, 6.07) is 7.74. The monoisotopic (exact) mass is 386 g/mol. The Kier molecular flexibility index (Phi) is 3.68. The second-order valence-electron chi connectivity index (χ2n) is 5.77.